The fraction of sp³-hybridized carbons (Fsp3) is 0.111. The summed E-state index contributed by atoms with van der Waals surface area (Å²) < 4.78 is 4.84. The Morgan fingerprint density at radius 1 is 1.15 bits per heavy atom. The van der Waals surface area contributed by atoms with Crippen LogP contribution >= 0.6 is 0 Å². The molecule has 68 valence electrons. The maximum Gasteiger partial charge on any atom is 0.325 e. The molecule has 3 N–H and O–H groups in total. The Bertz CT molecular complexity index is 370. The number of rotatable bonds is 0. The van der Waals surface area contributed by atoms with Crippen LogP contribution < -0.4 is 4.74 Å². The van der Waals surface area contributed by atoms with Gasteiger partial charge in [0, 0.05) is 5.56 Å². The summed E-state index contributed by atoms with van der Waals surface area (Å²) >= 11 is 0. The van der Waals surface area contributed by atoms with Gasteiger partial charge in [-0.05, 0) is 6.07 Å². The Kier molecular flexibility index (Phi) is 1.63. The highest BCUT2D eigenvalue weighted by Gasteiger charge is 2.27. The molecule has 1 aliphatic heterocycles. The minimum absolute atomic E-state index is 0.352. The maximum absolute atomic E-state index is 9.45. The summed E-state index contributed by atoms with van der Waals surface area (Å²) in [6, 6.07) is 6.63. The zero-order valence-electron chi connectivity index (χ0n) is 6.64. The van der Waals surface area contributed by atoms with E-state index >= 15 is 0 Å². The molecular formula is C9H8O4. The van der Waals surface area contributed by atoms with Crippen molar-refractivity contribution in [3.8, 4) is 5.75 Å². The SMILES string of the molecule is OC1=C(O)C(O)c2ccccc2O1. The lowest BCUT2D eigenvalue weighted by Crippen LogP contribution is -2.14. The molecule has 0 saturated heterocycles. The molecule has 13 heavy (non-hydrogen) atoms. The Hall–Kier alpha value is -1.68. The number of benzene rings is 1. The second-order valence-corrected chi connectivity index (χ2v) is 2.73. The summed E-state index contributed by atoms with van der Waals surface area (Å²) in [6.45, 7) is 0. The normalized spacial score (nSPS) is 20.8. The standard InChI is InChI=1S/C9H8O4/c10-7-5-3-1-2-4-6(5)13-9(12)8(7)11/h1-4,7,10-12H. The second-order valence-electron chi connectivity index (χ2n) is 2.73. The Balaban J connectivity index is 2.52. The minimum Gasteiger partial charge on any atom is -0.504 e. The highest BCUT2D eigenvalue weighted by atomic mass is 16.6. The van der Waals surface area contributed by atoms with Gasteiger partial charge in [0.1, 0.15) is 11.9 Å². The average molecular weight is 180 g/mol. The largest absolute Gasteiger partial charge is 0.504 e. The zero-order chi connectivity index (χ0) is 9.42. The number of hydrogen-bond donors (Lipinski definition) is 3. The van der Waals surface area contributed by atoms with E-state index in [1.54, 1.807) is 24.3 Å². The summed E-state index contributed by atoms with van der Waals surface area (Å²) in [7, 11) is 0. The lowest BCUT2D eigenvalue weighted by Gasteiger charge is -2.20. The van der Waals surface area contributed by atoms with E-state index in [9.17, 15) is 5.11 Å². The number of aliphatic hydroxyl groups excluding tert-OH is 3. The molecule has 4 heteroatoms. The van der Waals surface area contributed by atoms with E-state index in [-0.39, 0.29) is 0 Å². The molecular weight excluding hydrogens is 172 g/mol. The number of hydrogen-bond acceptors (Lipinski definition) is 4. The van der Waals surface area contributed by atoms with Gasteiger partial charge in [0.2, 0.25) is 5.76 Å². The van der Waals surface area contributed by atoms with Crippen LogP contribution in [-0.4, -0.2) is 15.3 Å². The Morgan fingerprint density at radius 2 is 1.85 bits per heavy atom. The topological polar surface area (TPSA) is 69.9 Å². The first-order chi connectivity index (χ1) is 6.20. The smallest absolute Gasteiger partial charge is 0.325 e. The first-order valence-corrected chi connectivity index (χ1v) is 3.77. The van der Waals surface area contributed by atoms with Crippen molar-refractivity contribution in [2.45, 2.75) is 6.10 Å². The van der Waals surface area contributed by atoms with E-state index in [1.165, 1.54) is 0 Å². The molecule has 0 aromatic heterocycles. The van der Waals surface area contributed by atoms with Gasteiger partial charge in [-0.25, -0.2) is 0 Å². The van der Waals surface area contributed by atoms with E-state index in [0.717, 1.165) is 0 Å². The van der Waals surface area contributed by atoms with Crippen LogP contribution in [0.4, 0.5) is 0 Å². The molecule has 1 aliphatic rings. The van der Waals surface area contributed by atoms with Gasteiger partial charge < -0.3 is 20.1 Å². The van der Waals surface area contributed by atoms with Crippen LogP contribution in [0.25, 0.3) is 0 Å². The third kappa shape index (κ3) is 1.11. The van der Waals surface area contributed by atoms with Gasteiger partial charge in [-0.15, -0.1) is 0 Å². The number of ether oxygens (including phenoxy) is 1. The third-order valence-corrected chi connectivity index (χ3v) is 1.90. The van der Waals surface area contributed by atoms with Gasteiger partial charge in [0.25, 0.3) is 0 Å². The molecule has 0 saturated carbocycles. The maximum atomic E-state index is 9.45. The molecule has 0 fully saturated rings. The van der Waals surface area contributed by atoms with E-state index in [0.29, 0.717) is 11.3 Å². The van der Waals surface area contributed by atoms with Crippen molar-refractivity contribution in [1.29, 1.82) is 0 Å². The van der Waals surface area contributed by atoms with Gasteiger partial charge in [0.05, 0.1) is 0 Å². The predicted octanol–water partition coefficient (Wildman–Crippen LogP) is 1.40. The molecule has 1 atom stereocenters. The highest BCUT2D eigenvalue weighted by Crippen LogP contribution is 2.34. The second kappa shape index (κ2) is 2.67. The van der Waals surface area contributed by atoms with Crippen LogP contribution in [0.1, 0.15) is 11.7 Å². The van der Waals surface area contributed by atoms with Crippen molar-refractivity contribution in [3.63, 3.8) is 0 Å². The van der Waals surface area contributed by atoms with E-state index in [2.05, 4.69) is 0 Å². The number of para-hydroxylation sites is 1. The fourth-order valence-corrected chi connectivity index (χ4v) is 1.22. The van der Waals surface area contributed by atoms with Crippen molar-refractivity contribution >= 4 is 0 Å². The van der Waals surface area contributed by atoms with Crippen LogP contribution in [0.15, 0.2) is 36.0 Å². The number of fused-ring (bicyclic) bond motifs is 1. The summed E-state index contributed by atoms with van der Waals surface area (Å²) in [5, 5.41) is 27.6. The van der Waals surface area contributed by atoms with Crippen LogP contribution in [0, 0.1) is 0 Å². The minimum atomic E-state index is -1.20. The summed E-state index contributed by atoms with van der Waals surface area (Å²) in [4.78, 5) is 0. The summed E-state index contributed by atoms with van der Waals surface area (Å²) in [6.07, 6.45) is -1.20. The molecule has 1 aromatic carbocycles. The molecule has 1 heterocycles. The van der Waals surface area contributed by atoms with Crippen molar-refractivity contribution in [2.75, 3.05) is 0 Å². The first kappa shape index (κ1) is 7.94. The highest BCUT2D eigenvalue weighted by molar-refractivity contribution is 5.41. The van der Waals surface area contributed by atoms with Crippen LogP contribution in [0.3, 0.4) is 0 Å². The quantitative estimate of drug-likeness (QED) is 0.564. The summed E-state index contributed by atoms with van der Waals surface area (Å²) in [5.41, 5.74) is 0.442. The van der Waals surface area contributed by atoms with Crippen LogP contribution in [0.5, 0.6) is 5.75 Å². The Morgan fingerprint density at radius 3 is 2.62 bits per heavy atom. The van der Waals surface area contributed by atoms with E-state index in [4.69, 9.17) is 14.9 Å². The first-order valence-electron chi connectivity index (χ1n) is 3.77. The van der Waals surface area contributed by atoms with Crippen molar-refractivity contribution in [3.05, 3.63) is 41.5 Å². The fourth-order valence-electron chi connectivity index (χ4n) is 1.22. The molecule has 1 aromatic rings. The van der Waals surface area contributed by atoms with Crippen molar-refractivity contribution < 1.29 is 20.1 Å². The molecule has 2 rings (SSSR count). The van der Waals surface area contributed by atoms with Gasteiger partial charge >= 0.3 is 5.95 Å². The molecule has 0 aliphatic carbocycles. The Labute approximate surface area is 74.3 Å². The third-order valence-electron chi connectivity index (χ3n) is 1.90. The molecule has 4 nitrogen and oxygen atoms in total. The lowest BCUT2D eigenvalue weighted by molar-refractivity contribution is 0.0849. The van der Waals surface area contributed by atoms with Gasteiger partial charge in [0.15, 0.2) is 0 Å². The van der Waals surface area contributed by atoms with Crippen LogP contribution in [0.2, 0.25) is 0 Å². The van der Waals surface area contributed by atoms with Gasteiger partial charge in [-0.3, -0.25) is 0 Å². The molecule has 0 bridgehead atoms. The molecule has 0 radical (unpaired) electrons. The van der Waals surface area contributed by atoms with Gasteiger partial charge in [-0.1, -0.05) is 18.2 Å². The zero-order valence-corrected chi connectivity index (χ0v) is 6.64. The van der Waals surface area contributed by atoms with Crippen LogP contribution in [-0.2, 0) is 0 Å². The molecule has 0 amide bonds. The summed E-state index contributed by atoms with van der Waals surface area (Å²) in [5.74, 6) is -0.852. The molecule has 1 unspecified atom stereocenters. The average Bonchev–Trinajstić information content (AvgIpc) is 2.15. The molecule has 0 spiro atoms. The predicted molar refractivity (Wildman–Crippen MR) is 44.3 cm³/mol. The number of aliphatic hydroxyl groups is 3. The van der Waals surface area contributed by atoms with Crippen molar-refractivity contribution in [1.82, 2.24) is 0 Å². The van der Waals surface area contributed by atoms with Crippen molar-refractivity contribution in [2.24, 2.45) is 0 Å². The van der Waals surface area contributed by atoms with E-state index < -0.39 is 17.8 Å². The monoisotopic (exact) mass is 180 g/mol. The lowest BCUT2D eigenvalue weighted by atomic mass is 10.1. The van der Waals surface area contributed by atoms with Gasteiger partial charge in [-0.2, -0.15) is 0 Å². The van der Waals surface area contributed by atoms with E-state index in [1.807, 2.05) is 0 Å².